The van der Waals surface area contributed by atoms with Gasteiger partial charge in [-0.05, 0) is 25.7 Å². The number of nitrogens with zero attached hydrogens (tertiary/aromatic N) is 2. The summed E-state index contributed by atoms with van der Waals surface area (Å²) >= 11 is 1.60. The maximum Gasteiger partial charge on any atom is 0.327 e. The van der Waals surface area contributed by atoms with E-state index in [9.17, 15) is 14.7 Å². The average Bonchev–Trinajstić information content (AvgIpc) is 2.92. The van der Waals surface area contributed by atoms with E-state index in [-0.39, 0.29) is 17.4 Å². The highest BCUT2D eigenvalue weighted by molar-refractivity contribution is 8.00. The van der Waals surface area contributed by atoms with Crippen LogP contribution in [0.2, 0.25) is 0 Å². The van der Waals surface area contributed by atoms with Gasteiger partial charge in [0.2, 0.25) is 0 Å². The van der Waals surface area contributed by atoms with Crippen molar-refractivity contribution in [2.24, 2.45) is 5.92 Å². The Balaban J connectivity index is 2.16. The molecular formula is C14H24N2O3S. The zero-order valence-corrected chi connectivity index (χ0v) is 13.2. The summed E-state index contributed by atoms with van der Waals surface area (Å²) in [7, 11) is 0. The summed E-state index contributed by atoms with van der Waals surface area (Å²) in [6, 6.07) is -0.551. The van der Waals surface area contributed by atoms with E-state index in [1.165, 1.54) is 0 Å². The summed E-state index contributed by atoms with van der Waals surface area (Å²) in [5.41, 5.74) is 0. The van der Waals surface area contributed by atoms with Crippen LogP contribution in [0.4, 0.5) is 4.79 Å². The molecular weight excluding hydrogens is 276 g/mol. The number of carboxylic acid groups (broad SMARTS) is 1. The van der Waals surface area contributed by atoms with Crippen molar-refractivity contribution in [1.82, 2.24) is 9.80 Å². The molecule has 0 spiro atoms. The Hall–Kier alpha value is -0.910. The fourth-order valence-corrected chi connectivity index (χ4v) is 4.70. The van der Waals surface area contributed by atoms with Crippen LogP contribution in [0.15, 0.2) is 0 Å². The molecule has 4 atom stereocenters. The van der Waals surface area contributed by atoms with Crippen molar-refractivity contribution in [3.05, 3.63) is 0 Å². The second-order valence-corrected chi connectivity index (χ2v) is 7.17. The Bertz CT molecular complexity index is 391. The number of carbonyl (C=O) groups excluding carboxylic acids is 1. The molecule has 5 nitrogen and oxygen atoms in total. The molecule has 2 heterocycles. The van der Waals surface area contributed by atoms with Gasteiger partial charge < -0.3 is 10.0 Å². The van der Waals surface area contributed by atoms with Crippen molar-refractivity contribution >= 4 is 23.8 Å². The fourth-order valence-electron chi connectivity index (χ4n) is 3.19. The third kappa shape index (κ3) is 2.90. The number of amides is 2. The van der Waals surface area contributed by atoms with Crippen LogP contribution in [0.25, 0.3) is 0 Å². The molecule has 0 radical (unpaired) electrons. The third-order valence-electron chi connectivity index (χ3n) is 4.16. The molecule has 6 heteroatoms. The van der Waals surface area contributed by atoms with Gasteiger partial charge in [0.25, 0.3) is 0 Å². The Morgan fingerprint density at radius 2 is 2.05 bits per heavy atom. The normalized spacial score (nSPS) is 33.8. The van der Waals surface area contributed by atoms with Crippen LogP contribution in [0, 0.1) is 5.92 Å². The molecule has 0 aliphatic carbocycles. The van der Waals surface area contributed by atoms with Gasteiger partial charge in [0, 0.05) is 18.3 Å². The lowest BCUT2D eigenvalue weighted by Gasteiger charge is -2.33. The maximum absolute atomic E-state index is 12.8. The Morgan fingerprint density at radius 3 is 2.55 bits per heavy atom. The number of urea groups is 1. The Morgan fingerprint density at radius 1 is 1.35 bits per heavy atom. The molecule has 0 saturated carbocycles. The van der Waals surface area contributed by atoms with E-state index < -0.39 is 12.0 Å². The number of hydrogen-bond donors (Lipinski definition) is 1. The molecule has 0 aromatic rings. The second kappa shape index (κ2) is 6.24. The van der Waals surface area contributed by atoms with Crippen LogP contribution in [-0.4, -0.2) is 56.7 Å². The molecule has 0 aromatic carbocycles. The van der Waals surface area contributed by atoms with Crippen molar-refractivity contribution in [3.63, 3.8) is 0 Å². The number of rotatable bonds is 3. The first-order valence-electron chi connectivity index (χ1n) is 7.39. The molecule has 2 amide bonds. The summed E-state index contributed by atoms with van der Waals surface area (Å²) in [6.45, 7) is 7.00. The van der Waals surface area contributed by atoms with E-state index in [0.717, 1.165) is 25.8 Å². The molecule has 1 N–H and O–H groups in total. The molecule has 2 rings (SSSR count). The molecule has 2 aliphatic heterocycles. The first-order valence-corrected chi connectivity index (χ1v) is 8.43. The van der Waals surface area contributed by atoms with E-state index >= 15 is 0 Å². The van der Waals surface area contributed by atoms with Crippen molar-refractivity contribution in [3.8, 4) is 0 Å². The van der Waals surface area contributed by atoms with Gasteiger partial charge in [-0.15, -0.1) is 11.8 Å². The van der Waals surface area contributed by atoms with Gasteiger partial charge in [0.05, 0.1) is 5.37 Å². The number of thioether (sulfide) groups is 1. The van der Waals surface area contributed by atoms with E-state index in [1.54, 1.807) is 16.7 Å². The summed E-state index contributed by atoms with van der Waals surface area (Å²) in [5, 5.41) is 9.36. The first-order chi connectivity index (χ1) is 9.45. The van der Waals surface area contributed by atoms with E-state index in [1.807, 2.05) is 4.90 Å². The van der Waals surface area contributed by atoms with Gasteiger partial charge in [-0.25, -0.2) is 9.59 Å². The fraction of sp³-hybridized carbons (Fsp3) is 0.857. The van der Waals surface area contributed by atoms with Gasteiger partial charge in [-0.3, -0.25) is 4.90 Å². The monoisotopic (exact) mass is 300 g/mol. The smallest absolute Gasteiger partial charge is 0.327 e. The Labute approximate surface area is 124 Å². The minimum absolute atomic E-state index is 0.0108. The minimum Gasteiger partial charge on any atom is -0.480 e. The maximum atomic E-state index is 12.8. The van der Waals surface area contributed by atoms with Crippen LogP contribution in [0.3, 0.4) is 0 Å². The molecule has 2 fully saturated rings. The number of likely N-dealkylation sites (tertiary alicyclic amines) is 1. The number of aliphatic carboxylic acids is 1. The van der Waals surface area contributed by atoms with Crippen molar-refractivity contribution in [2.75, 3.05) is 12.3 Å². The molecule has 20 heavy (non-hydrogen) atoms. The first kappa shape index (κ1) is 15.5. The predicted octanol–water partition coefficient (Wildman–Crippen LogP) is 2.46. The van der Waals surface area contributed by atoms with Crippen LogP contribution in [0.5, 0.6) is 0 Å². The Kier molecular flexibility index (Phi) is 4.83. The van der Waals surface area contributed by atoms with Gasteiger partial charge in [0.15, 0.2) is 0 Å². The van der Waals surface area contributed by atoms with Gasteiger partial charge in [-0.2, -0.15) is 0 Å². The lowest BCUT2D eigenvalue weighted by molar-refractivity contribution is -0.141. The zero-order chi connectivity index (χ0) is 14.9. The van der Waals surface area contributed by atoms with Gasteiger partial charge >= 0.3 is 12.0 Å². The van der Waals surface area contributed by atoms with Crippen LogP contribution in [0.1, 0.15) is 40.0 Å². The average molecular weight is 300 g/mol. The largest absolute Gasteiger partial charge is 0.480 e. The third-order valence-corrected chi connectivity index (χ3v) is 5.52. The zero-order valence-electron chi connectivity index (χ0n) is 12.4. The van der Waals surface area contributed by atoms with Crippen molar-refractivity contribution in [1.29, 1.82) is 0 Å². The highest BCUT2D eigenvalue weighted by atomic mass is 32.2. The van der Waals surface area contributed by atoms with E-state index in [2.05, 4.69) is 20.8 Å². The highest BCUT2D eigenvalue weighted by Crippen LogP contribution is 2.35. The quantitative estimate of drug-likeness (QED) is 0.870. The standard InChI is InChI=1S/C14H24N2O3S/c1-4-5-12-16(11(8-20-12)13(17)18)14(19)15-7-9(2)6-10(15)3/h9-12H,4-8H2,1-3H3,(H,17,18). The predicted molar refractivity (Wildman–Crippen MR) is 79.8 cm³/mol. The summed E-state index contributed by atoms with van der Waals surface area (Å²) in [6.07, 6.45) is 2.82. The molecule has 4 unspecified atom stereocenters. The van der Waals surface area contributed by atoms with Crippen molar-refractivity contribution < 1.29 is 14.7 Å². The molecule has 0 bridgehead atoms. The number of hydrogen-bond acceptors (Lipinski definition) is 3. The van der Waals surface area contributed by atoms with E-state index in [0.29, 0.717) is 11.7 Å². The lowest BCUT2D eigenvalue weighted by Crippen LogP contribution is -2.52. The highest BCUT2D eigenvalue weighted by Gasteiger charge is 2.44. The molecule has 2 aliphatic rings. The summed E-state index contributed by atoms with van der Waals surface area (Å²) in [4.78, 5) is 27.7. The van der Waals surface area contributed by atoms with E-state index in [4.69, 9.17) is 0 Å². The van der Waals surface area contributed by atoms with Gasteiger partial charge in [-0.1, -0.05) is 20.3 Å². The summed E-state index contributed by atoms with van der Waals surface area (Å²) < 4.78 is 0. The molecule has 2 saturated heterocycles. The summed E-state index contributed by atoms with van der Waals surface area (Å²) in [5.74, 6) is 0.116. The van der Waals surface area contributed by atoms with Crippen molar-refractivity contribution in [2.45, 2.75) is 57.5 Å². The second-order valence-electron chi connectivity index (χ2n) is 5.96. The number of carbonyl (C=O) groups is 2. The molecule has 0 aromatic heterocycles. The van der Waals surface area contributed by atoms with Gasteiger partial charge in [0.1, 0.15) is 6.04 Å². The SMILES string of the molecule is CCCC1SCC(C(=O)O)N1C(=O)N1CC(C)CC1C. The van der Waals surface area contributed by atoms with Crippen LogP contribution >= 0.6 is 11.8 Å². The topological polar surface area (TPSA) is 60.9 Å². The lowest BCUT2D eigenvalue weighted by atomic mass is 10.1. The van der Waals surface area contributed by atoms with Crippen LogP contribution < -0.4 is 0 Å². The number of carboxylic acids is 1. The minimum atomic E-state index is -0.885. The molecule has 114 valence electrons. The van der Waals surface area contributed by atoms with Crippen LogP contribution in [-0.2, 0) is 4.79 Å².